The molecule has 0 saturated heterocycles. The summed E-state index contributed by atoms with van der Waals surface area (Å²) >= 11 is 3.23. The summed E-state index contributed by atoms with van der Waals surface area (Å²) in [4.78, 5) is 23.6. The van der Waals surface area contributed by atoms with Crippen molar-refractivity contribution >= 4 is 27.9 Å². The molecule has 0 bridgehead atoms. The Hall–Kier alpha value is -1.70. The first-order chi connectivity index (χ1) is 11.5. The van der Waals surface area contributed by atoms with Gasteiger partial charge in [-0.15, -0.1) is 0 Å². The Kier molecular flexibility index (Phi) is 7.34. The maximum Gasteiger partial charge on any atom is 0.377 e. The van der Waals surface area contributed by atoms with E-state index in [1.807, 2.05) is 0 Å². The molecule has 0 amide bonds. The van der Waals surface area contributed by atoms with Crippen molar-refractivity contribution in [2.24, 2.45) is 0 Å². The van der Waals surface area contributed by atoms with E-state index in [4.69, 9.17) is 9.47 Å². The Bertz CT molecular complexity index is 596. The monoisotopic (exact) mass is 422 g/mol. The summed E-state index contributed by atoms with van der Waals surface area (Å²) in [5, 5.41) is 0. The third kappa shape index (κ3) is 6.26. The summed E-state index contributed by atoms with van der Waals surface area (Å²) in [5.41, 5.74) is 0.182. The molecular formula is C17H21BrF2O5. The lowest BCUT2D eigenvalue weighted by Crippen LogP contribution is -2.43. The van der Waals surface area contributed by atoms with E-state index >= 15 is 0 Å². The molecule has 0 aliphatic carbocycles. The second kappa shape index (κ2) is 8.60. The summed E-state index contributed by atoms with van der Waals surface area (Å²) in [7, 11) is 1.48. The number of benzene rings is 1. The van der Waals surface area contributed by atoms with Crippen molar-refractivity contribution in [2.75, 3.05) is 13.7 Å². The first kappa shape index (κ1) is 21.3. The third-order valence-corrected chi connectivity index (χ3v) is 3.87. The Morgan fingerprint density at radius 1 is 1.20 bits per heavy atom. The first-order valence-electron chi connectivity index (χ1n) is 7.60. The number of carbonyl (C=O) groups excluding carboxylic acids is 2. The quantitative estimate of drug-likeness (QED) is 0.468. The summed E-state index contributed by atoms with van der Waals surface area (Å²) < 4.78 is 41.7. The topological polar surface area (TPSA) is 61.8 Å². The fourth-order valence-corrected chi connectivity index (χ4v) is 2.16. The zero-order chi connectivity index (χ0) is 19.3. The number of esters is 2. The average Bonchev–Trinajstić information content (AvgIpc) is 2.53. The Labute approximate surface area is 153 Å². The molecule has 0 aliphatic rings. The van der Waals surface area contributed by atoms with Crippen LogP contribution in [0.3, 0.4) is 0 Å². The predicted molar refractivity (Wildman–Crippen MR) is 91.4 cm³/mol. The molecule has 0 aliphatic heterocycles. The molecule has 0 fully saturated rings. The molecule has 0 N–H and O–H groups in total. The molecule has 25 heavy (non-hydrogen) atoms. The Morgan fingerprint density at radius 3 is 2.20 bits per heavy atom. The normalized spacial score (nSPS) is 13.1. The number of carbonyl (C=O) groups is 2. The Balaban J connectivity index is 2.92. The lowest BCUT2D eigenvalue weighted by Gasteiger charge is -2.30. The van der Waals surface area contributed by atoms with Crippen molar-refractivity contribution in [3.63, 3.8) is 0 Å². The van der Waals surface area contributed by atoms with Crippen molar-refractivity contribution in [1.29, 1.82) is 0 Å². The zero-order valence-corrected chi connectivity index (χ0v) is 16.1. The highest BCUT2D eigenvalue weighted by Gasteiger charge is 2.47. The van der Waals surface area contributed by atoms with Crippen LogP contribution in [0, 0.1) is 0 Å². The van der Waals surface area contributed by atoms with Crippen LogP contribution in [-0.4, -0.2) is 42.0 Å². The van der Waals surface area contributed by atoms with Crippen LogP contribution in [0.4, 0.5) is 8.78 Å². The number of hydrogen-bond acceptors (Lipinski definition) is 5. The van der Waals surface area contributed by atoms with Crippen molar-refractivity contribution in [3.05, 3.63) is 29.8 Å². The molecule has 0 heterocycles. The van der Waals surface area contributed by atoms with Crippen LogP contribution in [0.2, 0.25) is 0 Å². The molecule has 1 aromatic rings. The van der Waals surface area contributed by atoms with E-state index in [-0.39, 0.29) is 12.2 Å². The minimum Gasteiger partial charge on any atom is -0.497 e. The van der Waals surface area contributed by atoms with Gasteiger partial charge in [-0.05, 0) is 45.0 Å². The van der Waals surface area contributed by atoms with E-state index in [2.05, 4.69) is 20.7 Å². The van der Waals surface area contributed by atoms with E-state index < -0.39 is 34.7 Å². The second-order valence-corrected chi connectivity index (χ2v) is 7.86. The highest BCUT2D eigenvalue weighted by molar-refractivity contribution is 9.10. The lowest BCUT2D eigenvalue weighted by molar-refractivity contribution is -0.176. The molecule has 1 aromatic carbocycles. The summed E-state index contributed by atoms with van der Waals surface area (Å²) in [5.74, 6) is -5.65. The van der Waals surface area contributed by atoms with Gasteiger partial charge in [-0.3, -0.25) is 0 Å². The fourth-order valence-electron chi connectivity index (χ4n) is 1.90. The zero-order valence-electron chi connectivity index (χ0n) is 14.5. The molecule has 5 nitrogen and oxygen atoms in total. The Morgan fingerprint density at radius 2 is 1.76 bits per heavy atom. The minimum absolute atomic E-state index is 0.164. The number of halogens is 3. The van der Waals surface area contributed by atoms with Gasteiger partial charge in [0.05, 0.1) is 30.0 Å². The molecule has 1 atom stereocenters. The smallest absolute Gasteiger partial charge is 0.377 e. The van der Waals surface area contributed by atoms with Gasteiger partial charge in [-0.1, -0.05) is 15.9 Å². The van der Waals surface area contributed by atoms with Gasteiger partial charge < -0.3 is 14.2 Å². The van der Waals surface area contributed by atoms with Gasteiger partial charge in [0.15, 0.2) is 0 Å². The number of rotatable bonds is 8. The summed E-state index contributed by atoms with van der Waals surface area (Å²) in [6.07, 6.45) is -2.26. The molecular weight excluding hydrogens is 402 g/mol. The van der Waals surface area contributed by atoms with Crippen LogP contribution >= 0.6 is 15.9 Å². The van der Waals surface area contributed by atoms with Gasteiger partial charge >= 0.3 is 17.9 Å². The van der Waals surface area contributed by atoms with Crippen LogP contribution in [0.1, 0.15) is 37.6 Å². The number of alkyl halides is 3. The van der Waals surface area contributed by atoms with Crippen molar-refractivity contribution in [2.45, 2.75) is 43.5 Å². The maximum absolute atomic E-state index is 14.0. The van der Waals surface area contributed by atoms with Gasteiger partial charge in [0.1, 0.15) is 11.9 Å². The third-order valence-electron chi connectivity index (χ3n) is 3.36. The van der Waals surface area contributed by atoms with Crippen LogP contribution in [-0.2, 0) is 14.3 Å². The van der Waals surface area contributed by atoms with E-state index in [1.165, 1.54) is 26.2 Å². The van der Waals surface area contributed by atoms with Crippen molar-refractivity contribution in [1.82, 2.24) is 0 Å². The molecule has 1 unspecified atom stereocenters. The lowest BCUT2D eigenvalue weighted by atomic mass is 9.99. The summed E-state index contributed by atoms with van der Waals surface area (Å²) in [6.45, 7) is 4.41. The van der Waals surface area contributed by atoms with Crippen LogP contribution < -0.4 is 4.74 Å². The molecule has 0 spiro atoms. The van der Waals surface area contributed by atoms with Crippen molar-refractivity contribution in [3.8, 4) is 5.75 Å². The molecule has 0 saturated carbocycles. The van der Waals surface area contributed by atoms with E-state index in [9.17, 15) is 18.4 Å². The summed E-state index contributed by atoms with van der Waals surface area (Å²) in [6, 6.07) is 6.03. The SMILES string of the molecule is CCOC(=O)C(F)(F)CC(OC(=O)c1ccc(OC)cc1)C(C)(C)Br. The molecule has 8 heteroatoms. The minimum atomic E-state index is -3.77. The molecule has 0 aromatic heterocycles. The number of ether oxygens (including phenoxy) is 3. The second-order valence-electron chi connectivity index (χ2n) is 5.82. The maximum atomic E-state index is 14.0. The van der Waals surface area contributed by atoms with Gasteiger partial charge in [0.25, 0.3) is 0 Å². The van der Waals surface area contributed by atoms with Crippen LogP contribution in [0.25, 0.3) is 0 Å². The predicted octanol–water partition coefficient (Wildman–Crippen LogP) is 3.98. The van der Waals surface area contributed by atoms with E-state index in [0.29, 0.717) is 5.75 Å². The number of hydrogen-bond donors (Lipinski definition) is 0. The van der Waals surface area contributed by atoms with Gasteiger partial charge in [-0.25, -0.2) is 9.59 Å². The highest BCUT2D eigenvalue weighted by Crippen LogP contribution is 2.33. The van der Waals surface area contributed by atoms with Gasteiger partial charge in [0, 0.05) is 0 Å². The van der Waals surface area contributed by atoms with Gasteiger partial charge in [0.2, 0.25) is 0 Å². The highest BCUT2D eigenvalue weighted by atomic mass is 79.9. The van der Waals surface area contributed by atoms with Crippen molar-refractivity contribution < 1.29 is 32.6 Å². The molecule has 1 rings (SSSR count). The fraction of sp³-hybridized carbons (Fsp3) is 0.529. The van der Waals surface area contributed by atoms with Gasteiger partial charge in [-0.2, -0.15) is 8.78 Å². The van der Waals surface area contributed by atoms with Crippen LogP contribution in [0.5, 0.6) is 5.75 Å². The van der Waals surface area contributed by atoms with Crippen LogP contribution in [0.15, 0.2) is 24.3 Å². The largest absolute Gasteiger partial charge is 0.497 e. The number of methoxy groups -OCH3 is 1. The van der Waals surface area contributed by atoms with E-state index in [0.717, 1.165) is 0 Å². The average molecular weight is 423 g/mol. The molecule has 0 radical (unpaired) electrons. The standard InChI is InChI=1S/C17H21BrF2O5/c1-5-24-15(22)17(19,20)10-13(16(2,3)18)25-14(21)11-6-8-12(23-4)9-7-11/h6-9,13H,5,10H2,1-4H3. The molecule has 140 valence electrons. The van der Waals surface area contributed by atoms with E-state index in [1.54, 1.807) is 26.0 Å². The first-order valence-corrected chi connectivity index (χ1v) is 8.39.